The first-order valence-electron chi connectivity index (χ1n) is 6.08. The molecule has 104 valence electrons. The van der Waals surface area contributed by atoms with Crippen LogP contribution < -0.4 is 10.4 Å². The van der Waals surface area contributed by atoms with Gasteiger partial charge in [-0.2, -0.15) is 5.26 Å². The Morgan fingerprint density at radius 2 is 2.40 bits per heavy atom. The van der Waals surface area contributed by atoms with Gasteiger partial charge in [-0.3, -0.25) is 4.57 Å². The van der Waals surface area contributed by atoms with Crippen molar-refractivity contribution in [2.75, 3.05) is 12.4 Å². The van der Waals surface area contributed by atoms with E-state index in [9.17, 15) is 4.79 Å². The van der Waals surface area contributed by atoms with Crippen molar-refractivity contribution in [1.82, 2.24) is 14.8 Å². The quantitative estimate of drug-likeness (QED) is 0.644. The number of aromatic amines is 1. The third-order valence-electron chi connectivity index (χ3n) is 2.59. The van der Waals surface area contributed by atoms with Crippen LogP contribution in [0.1, 0.15) is 12.0 Å². The second-order valence-electron chi connectivity index (χ2n) is 4.06. The molecule has 0 saturated carbocycles. The Morgan fingerprint density at radius 3 is 3.10 bits per heavy atom. The van der Waals surface area contributed by atoms with E-state index >= 15 is 0 Å². The summed E-state index contributed by atoms with van der Waals surface area (Å²) in [7, 11) is 1.68. The summed E-state index contributed by atoms with van der Waals surface area (Å²) in [5.74, 6) is 1.50. The first-order valence-corrected chi connectivity index (χ1v) is 7.06. The number of benzene rings is 1. The fourth-order valence-electron chi connectivity index (χ4n) is 1.53. The molecular formula is C13H14N4O2S. The highest BCUT2D eigenvalue weighted by Crippen LogP contribution is 2.15. The maximum Gasteiger partial charge on any atom is 0.343 e. The van der Waals surface area contributed by atoms with E-state index in [0.29, 0.717) is 23.1 Å². The molecule has 1 aromatic carbocycles. The number of nitrogens with zero attached hydrogens (tertiary/aromatic N) is 3. The van der Waals surface area contributed by atoms with Crippen molar-refractivity contribution in [2.45, 2.75) is 11.6 Å². The molecule has 0 fully saturated rings. The minimum absolute atomic E-state index is 0.211. The summed E-state index contributed by atoms with van der Waals surface area (Å²) < 4.78 is 7.03. The van der Waals surface area contributed by atoms with E-state index in [1.165, 1.54) is 16.3 Å². The van der Waals surface area contributed by atoms with Crippen LogP contribution in [0.2, 0.25) is 0 Å². The number of H-pyrrole nitrogens is 1. The highest BCUT2D eigenvalue weighted by molar-refractivity contribution is 7.99. The monoisotopic (exact) mass is 290 g/mol. The molecule has 2 aromatic rings. The van der Waals surface area contributed by atoms with E-state index in [4.69, 9.17) is 10.00 Å². The Hall–Kier alpha value is -2.20. The summed E-state index contributed by atoms with van der Waals surface area (Å²) in [5.41, 5.74) is 0.375. The lowest BCUT2D eigenvalue weighted by Crippen LogP contribution is -2.13. The lowest BCUT2D eigenvalue weighted by molar-refractivity contribution is 0.318. The van der Waals surface area contributed by atoms with Gasteiger partial charge < -0.3 is 4.74 Å². The SMILES string of the molecule is Cn1c(SCCCOc2cccc(C#N)c2)n[nH]c1=O. The molecule has 7 heteroatoms. The van der Waals surface area contributed by atoms with Gasteiger partial charge in [-0.25, -0.2) is 9.89 Å². The van der Waals surface area contributed by atoms with Crippen LogP contribution in [-0.4, -0.2) is 27.1 Å². The lowest BCUT2D eigenvalue weighted by atomic mass is 10.2. The summed E-state index contributed by atoms with van der Waals surface area (Å²) in [6, 6.07) is 9.14. The average Bonchev–Trinajstić information content (AvgIpc) is 2.79. The molecule has 0 unspecified atom stereocenters. The number of nitriles is 1. The summed E-state index contributed by atoms with van der Waals surface area (Å²) in [6.45, 7) is 0.556. The van der Waals surface area contributed by atoms with E-state index in [1.54, 1.807) is 25.2 Å². The van der Waals surface area contributed by atoms with Gasteiger partial charge in [0.15, 0.2) is 5.16 Å². The Kier molecular flexibility index (Phi) is 4.85. The molecule has 0 spiro atoms. The van der Waals surface area contributed by atoms with Crippen molar-refractivity contribution in [3.05, 3.63) is 40.3 Å². The zero-order valence-corrected chi connectivity index (χ0v) is 11.8. The minimum atomic E-state index is -0.211. The lowest BCUT2D eigenvalue weighted by Gasteiger charge is -2.05. The second kappa shape index (κ2) is 6.82. The second-order valence-corrected chi connectivity index (χ2v) is 5.12. The molecule has 0 aliphatic rings. The van der Waals surface area contributed by atoms with Gasteiger partial charge in [0, 0.05) is 12.8 Å². The Morgan fingerprint density at radius 1 is 1.55 bits per heavy atom. The minimum Gasteiger partial charge on any atom is -0.494 e. The summed E-state index contributed by atoms with van der Waals surface area (Å²) >= 11 is 1.50. The van der Waals surface area contributed by atoms with Crippen molar-refractivity contribution < 1.29 is 4.74 Å². The number of hydrogen-bond donors (Lipinski definition) is 1. The predicted octanol–water partition coefficient (Wildman–Crippen LogP) is 1.54. The molecule has 1 heterocycles. The third kappa shape index (κ3) is 3.65. The average molecular weight is 290 g/mol. The van der Waals surface area contributed by atoms with Crippen LogP contribution in [0.25, 0.3) is 0 Å². The molecule has 0 radical (unpaired) electrons. The van der Waals surface area contributed by atoms with Crippen molar-refractivity contribution >= 4 is 11.8 Å². The number of thioether (sulfide) groups is 1. The topological polar surface area (TPSA) is 83.7 Å². The molecule has 0 saturated heterocycles. The fraction of sp³-hybridized carbons (Fsp3) is 0.308. The zero-order chi connectivity index (χ0) is 14.4. The van der Waals surface area contributed by atoms with E-state index in [2.05, 4.69) is 16.3 Å². The van der Waals surface area contributed by atoms with E-state index < -0.39 is 0 Å². The predicted molar refractivity (Wildman–Crippen MR) is 75.8 cm³/mol. The van der Waals surface area contributed by atoms with Crippen LogP contribution in [0.3, 0.4) is 0 Å². The van der Waals surface area contributed by atoms with Gasteiger partial charge >= 0.3 is 5.69 Å². The van der Waals surface area contributed by atoms with Crippen LogP contribution >= 0.6 is 11.8 Å². The molecule has 0 amide bonds. The van der Waals surface area contributed by atoms with Crippen molar-refractivity contribution in [1.29, 1.82) is 5.26 Å². The Labute approximate surface area is 120 Å². The smallest absolute Gasteiger partial charge is 0.343 e. The maximum absolute atomic E-state index is 11.2. The first kappa shape index (κ1) is 14.2. The number of nitrogens with one attached hydrogen (secondary N) is 1. The maximum atomic E-state index is 11.2. The highest BCUT2D eigenvalue weighted by atomic mass is 32.2. The molecule has 0 aliphatic heterocycles. The van der Waals surface area contributed by atoms with Crippen LogP contribution in [0.15, 0.2) is 34.2 Å². The molecule has 2 rings (SSSR count). The van der Waals surface area contributed by atoms with Crippen molar-refractivity contribution in [3.8, 4) is 11.8 Å². The van der Waals surface area contributed by atoms with Crippen LogP contribution in [-0.2, 0) is 7.05 Å². The van der Waals surface area contributed by atoms with Gasteiger partial charge in [0.25, 0.3) is 0 Å². The van der Waals surface area contributed by atoms with Crippen molar-refractivity contribution in [2.24, 2.45) is 7.05 Å². The number of hydrogen-bond acceptors (Lipinski definition) is 5. The van der Waals surface area contributed by atoms with Crippen LogP contribution in [0, 0.1) is 11.3 Å². The van der Waals surface area contributed by atoms with Gasteiger partial charge in [-0.15, -0.1) is 5.10 Å². The summed E-state index contributed by atoms with van der Waals surface area (Å²) in [6.07, 6.45) is 0.822. The fourth-order valence-corrected chi connectivity index (χ4v) is 2.36. The molecule has 0 bridgehead atoms. The van der Waals surface area contributed by atoms with Crippen LogP contribution in [0.4, 0.5) is 0 Å². The van der Waals surface area contributed by atoms with Crippen LogP contribution in [0.5, 0.6) is 5.75 Å². The first-order chi connectivity index (χ1) is 9.70. The largest absolute Gasteiger partial charge is 0.494 e. The molecule has 6 nitrogen and oxygen atoms in total. The molecular weight excluding hydrogens is 276 g/mol. The molecule has 1 aromatic heterocycles. The third-order valence-corrected chi connectivity index (χ3v) is 3.71. The molecule has 20 heavy (non-hydrogen) atoms. The number of aromatic nitrogens is 3. The van der Waals surface area contributed by atoms with Gasteiger partial charge in [-0.05, 0) is 24.6 Å². The molecule has 0 aliphatic carbocycles. The van der Waals surface area contributed by atoms with Gasteiger partial charge in [-0.1, -0.05) is 17.8 Å². The van der Waals surface area contributed by atoms with E-state index in [-0.39, 0.29) is 5.69 Å². The Bertz CT molecular complexity index is 671. The van der Waals surface area contributed by atoms with Gasteiger partial charge in [0.1, 0.15) is 5.75 Å². The van der Waals surface area contributed by atoms with Crippen molar-refractivity contribution in [3.63, 3.8) is 0 Å². The van der Waals surface area contributed by atoms with Gasteiger partial charge in [0.05, 0.1) is 18.2 Å². The zero-order valence-electron chi connectivity index (χ0n) is 11.0. The van der Waals surface area contributed by atoms with E-state index in [0.717, 1.165) is 12.2 Å². The van der Waals surface area contributed by atoms with Gasteiger partial charge in [0.2, 0.25) is 0 Å². The highest BCUT2D eigenvalue weighted by Gasteiger charge is 2.04. The molecule has 1 N–H and O–H groups in total. The number of ether oxygens (including phenoxy) is 1. The summed E-state index contributed by atoms with van der Waals surface area (Å²) in [5, 5.41) is 15.7. The normalized spacial score (nSPS) is 10.2. The standard InChI is InChI=1S/C13H14N4O2S/c1-17-12(18)15-16-13(17)20-7-3-6-19-11-5-2-4-10(8-11)9-14/h2,4-5,8H,3,6-7H2,1H3,(H,15,18). The summed E-state index contributed by atoms with van der Waals surface area (Å²) in [4.78, 5) is 11.2. The molecule has 0 atom stereocenters. The van der Waals surface area contributed by atoms with E-state index in [1.807, 2.05) is 6.07 Å². The number of rotatable bonds is 6. The Balaban J connectivity index is 1.73.